The lowest BCUT2D eigenvalue weighted by Gasteiger charge is -2.17. The summed E-state index contributed by atoms with van der Waals surface area (Å²) >= 11 is 0. The Bertz CT molecular complexity index is 486. The third-order valence-corrected chi connectivity index (χ3v) is 2.47. The van der Waals surface area contributed by atoms with E-state index in [0.29, 0.717) is 0 Å². The molecule has 0 aromatic heterocycles. The maximum absolute atomic E-state index is 13.4. The molecule has 5 nitrogen and oxygen atoms in total. The minimum atomic E-state index is -0.717. The van der Waals surface area contributed by atoms with Gasteiger partial charge in [-0.25, -0.2) is 8.78 Å². The SMILES string of the molecule is CN(Cc1ccc(F)cc1F)C(=O)CNC(=O)CN.Cl. The second-order valence-corrected chi connectivity index (χ2v) is 3.97. The first-order valence-corrected chi connectivity index (χ1v) is 5.58. The van der Waals surface area contributed by atoms with Crippen molar-refractivity contribution in [1.29, 1.82) is 0 Å². The Kier molecular flexibility index (Phi) is 7.71. The highest BCUT2D eigenvalue weighted by atomic mass is 35.5. The number of halogens is 3. The van der Waals surface area contributed by atoms with E-state index >= 15 is 0 Å². The molecule has 0 radical (unpaired) electrons. The van der Waals surface area contributed by atoms with Crippen LogP contribution in [0, 0.1) is 11.6 Å². The van der Waals surface area contributed by atoms with Crippen molar-refractivity contribution in [3.63, 3.8) is 0 Å². The minimum absolute atomic E-state index is 0. The van der Waals surface area contributed by atoms with Crippen molar-refractivity contribution in [3.8, 4) is 0 Å². The van der Waals surface area contributed by atoms with Crippen molar-refractivity contribution in [2.75, 3.05) is 20.1 Å². The van der Waals surface area contributed by atoms with Crippen LogP contribution in [0.2, 0.25) is 0 Å². The Labute approximate surface area is 121 Å². The van der Waals surface area contributed by atoms with E-state index in [1.165, 1.54) is 18.0 Å². The predicted molar refractivity (Wildman–Crippen MR) is 72.1 cm³/mol. The molecule has 0 atom stereocenters. The molecule has 0 aliphatic rings. The van der Waals surface area contributed by atoms with E-state index in [4.69, 9.17) is 5.73 Å². The average Bonchev–Trinajstić information content (AvgIpc) is 2.38. The maximum atomic E-state index is 13.4. The summed E-state index contributed by atoms with van der Waals surface area (Å²) in [7, 11) is 1.46. The Morgan fingerprint density at radius 3 is 2.55 bits per heavy atom. The van der Waals surface area contributed by atoms with Crippen LogP contribution in [0.4, 0.5) is 8.78 Å². The van der Waals surface area contributed by atoms with Gasteiger partial charge in [-0.15, -0.1) is 12.4 Å². The Morgan fingerprint density at radius 1 is 1.35 bits per heavy atom. The van der Waals surface area contributed by atoms with E-state index in [9.17, 15) is 18.4 Å². The van der Waals surface area contributed by atoms with Crippen LogP contribution in [0.5, 0.6) is 0 Å². The number of carbonyl (C=O) groups is 2. The summed E-state index contributed by atoms with van der Waals surface area (Å²) in [5, 5.41) is 2.31. The number of nitrogens with one attached hydrogen (secondary N) is 1. The van der Waals surface area contributed by atoms with Gasteiger partial charge in [-0.05, 0) is 6.07 Å². The fourth-order valence-electron chi connectivity index (χ4n) is 1.37. The topological polar surface area (TPSA) is 75.4 Å². The van der Waals surface area contributed by atoms with Crippen LogP contribution in [0.1, 0.15) is 5.56 Å². The van der Waals surface area contributed by atoms with Crippen molar-refractivity contribution in [3.05, 3.63) is 35.4 Å². The van der Waals surface area contributed by atoms with Gasteiger partial charge in [0.2, 0.25) is 11.8 Å². The Morgan fingerprint density at radius 2 is 2.00 bits per heavy atom. The van der Waals surface area contributed by atoms with Gasteiger partial charge in [0.15, 0.2) is 0 Å². The number of hydrogen-bond donors (Lipinski definition) is 2. The zero-order chi connectivity index (χ0) is 14.4. The normalized spacial score (nSPS) is 9.60. The highest BCUT2D eigenvalue weighted by Gasteiger charge is 2.12. The molecule has 3 N–H and O–H groups in total. The molecule has 0 fully saturated rings. The quantitative estimate of drug-likeness (QED) is 0.828. The fraction of sp³-hybridized carbons (Fsp3) is 0.333. The standard InChI is InChI=1S/C12H15F2N3O2.ClH/c1-17(12(19)6-16-11(18)5-15)7-8-2-3-9(13)4-10(8)14;/h2-4H,5-7,15H2,1H3,(H,16,18);1H. The third-order valence-electron chi connectivity index (χ3n) is 2.47. The molecule has 0 aliphatic heterocycles. The first kappa shape index (κ1) is 18.3. The molecule has 0 unspecified atom stereocenters. The molecule has 0 heterocycles. The van der Waals surface area contributed by atoms with Crippen molar-refractivity contribution < 1.29 is 18.4 Å². The van der Waals surface area contributed by atoms with Crippen LogP contribution in [0.3, 0.4) is 0 Å². The number of amides is 2. The van der Waals surface area contributed by atoms with E-state index in [2.05, 4.69) is 5.32 Å². The highest BCUT2D eigenvalue weighted by molar-refractivity contribution is 5.85. The number of rotatable bonds is 5. The van der Waals surface area contributed by atoms with Gasteiger partial charge in [-0.2, -0.15) is 0 Å². The first-order chi connectivity index (χ1) is 8.93. The summed E-state index contributed by atoms with van der Waals surface area (Å²) in [5.41, 5.74) is 5.27. The second kappa shape index (κ2) is 8.44. The smallest absolute Gasteiger partial charge is 0.242 e. The average molecular weight is 308 g/mol. The molecule has 20 heavy (non-hydrogen) atoms. The largest absolute Gasteiger partial charge is 0.346 e. The zero-order valence-corrected chi connectivity index (χ0v) is 11.7. The van der Waals surface area contributed by atoms with Crippen LogP contribution in [-0.2, 0) is 16.1 Å². The van der Waals surface area contributed by atoms with Gasteiger partial charge in [0, 0.05) is 25.2 Å². The molecular formula is C12H16ClF2N3O2. The Hall–Kier alpha value is -1.73. The van der Waals surface area contributed by atoms with Crippen LogP contribution in [0.15, 0.2) is 18.2 Å². The number of benzene rings is 1. The van der Waals surface area contributed by atoms with Crippen molar-refractivity contribution in [2.45, 2.75) is 6.54 Å². The number of nitrogens with zero attached hydrogens (tertiary/aromatic N) is 1. The molecule has 1 aromatic rings. The predicted octanol–water partition coefficient (Wildman–Crippen LogP) is 0.420. The van der Waals surface area contributed by atoms with E-state index in [-0.39, 0.29) is 37.6 Å². The summed E-state index contributed by atoms with van der Waals surface area (Å²) in [6.45, 7) is -0.428. The summed E-state index contributed by atoms with van der Waals surface area (Å²) in [6, 6.07) is 3.14. The van der Waals surface area contributed by atoms with Crippen LogP contribution in [0.25, 0.3) is 0 Å². The lowest BCUT2D eigenvalue weighted by atomic mass is 10.2. The molecule has 0 saturated carbocycles. The van der Waals surface area contributed by atoms with Crippen LogP contribution >= 0.6 is 12.4 Å². The van der Waals surface area contributed by atoms with E-state index in [1.807, 2.05) is 0 Å². The van der Waals surface area contributed by atoms with Crippen LogP contribution in [-0.4, -0.2) is 36.9 Å². The van der Waals surface area contributed by atoms with Crippen molar-refractivity contribution in [1.82, 2.24) is 10.2 Å². The van der Waals surface area contributed by atoms with E-state index < -0.39 is 23.4 Å². The number of hydrogen-bond acceptors (Lipinski definition) is 3. The molecule has 0 spiro atoms. The lowest BCUT2D eigenvalue weighted by molar-refractivity contribution is -0.131. The Balaban J connectivity index is 0.00000361. The molecular weight excluding hydrogens is 292 g/mol. The summed E-state index contributed by atoms with van der Waals surface area (Å²) in [4.78, 5) is 23.7. The number of likely N-dealkylation sites (N-methyl/N-ethyl adjacent to an activating group) is 1. The highest BCUT2D eigenvalue weighted by Crippen LogP contribution is 2.11. The molecule has 0 aliphatic carbocycles. The second-order valence-electron chi connectivity index (χ2n) is 3.97. The molecule has 1 aromatic carbocycles. The molecule has 0 saturated heterocycles. The van der Waals surface area contributed by atoms with Gasteiger partial charge >= 0.3 is 0 Å². The van der Waals surface area contributed by atoms with Gasteiger partial charge in [0.05, 0.1) is 13.1 Å². The molecule has 8 heteroatoms. The number of carbonyl (C=O) groups excluding carboxylic acids is 2. The first-order valence-electron chi connectivity index (χ1n) is 5.58. The van der Waals surface area contributed by atoms with Gasteiger partial charge in [0.25, 0.3) is 0 Å². The van der Waals surface area contributed by atoms with Crippen molar-refractivity contribution in [2.24, 2.45) is 5.73 Å². The van der Waals surface area contributed by atoms with E-state index in [0.717, 1.165) is 12.1 Å². The summed E-state index contributed by atoms with van der Waals surface area (Å²) in [6.07, 6.45) is 0. The molecule has 1 rings (SSSR count). The van der Waals surface area contributed by atoms with Gasteiger partial charge in [-0.1, -0.05) is 6.07 Å². The lowest BCUT2D eigenvalue weighted by Crippen LogP contribution is -2.40. The molecule has 0 bridgehead atoms. The van der Waals surface area contributed by atoms with Gasteiger partial charge in [-0.3, -0.25) is 9.59 Å². The van der Waals surface area contributed by atoms with Gasteiger partial charge < -0.3 is 16.0 Å². The van der Waals surface area contributed by atoms with Crippen LogP contribution < -0.4 is 11.1 Å². The zero-order valence-electron chi connectivity index (χ0n) is 10.9. The van der Waals surface area contributed by atoms with E-state index in [1.54, 1.807) is 0 Å². The molecule has 112 valence electrons. The maximum Gasteiger partial charge on any atom is 0.242 e. The monoisotopic (exact) mass is 307 g/mol. The molecule has 2 amide bonds. The number of nitrogens with two attached hydrogens (primary N) is 1. The summed E-state index contributed by atoms with van der Waals surface area (Å²) in [5.74, 6) is -2.24. The van der Waals surface area contributed by atoms with Gasteiger partial charge in [0.1, 0.15) is 11.6 Å². The summed E-state index contributed by atoms with van der Waals surface area (Å²) < 4.78 is 26.1. The third kappa shape index (κ3) is 5.50. The minimum Gasteiger partial charge on any atom is -0.346 e. The van der Waals surface area contributed by atoms with Crippen molar-refractivity contribution >= 4 is 24.2 Å². The fourth-order valence-corrected chi connectivity index (χ4v) is 1.37.